The number of esters is 1. The first-order valence-corrected chi connectivity index (χ1v) is 5.70. The largest absolute Gasteiger partial charge is 0.466 e. The molecule has 0 aromatic heterocycles. The molecular formula is C11H11IO2. The molecule has 0 fully saturated rings. The van der Waals surface area contributed by atoms with Gasteiger partial charge in [-0.2, -0.15) is 0 Å². The van der Waals surface area contributed by atoms with Crippen molar-refractivity contribution in [1.82, 2.24) is 0 Å². The quantitative estimate of drug-likeness (QED) is 0.371. The minimum atomic E-state index is -0.261. The van der Waals surface area contributed by atoms with Crippen molar-refractivity contribution in [3.8, 4) is 0 Å². The van der Waals surface area contributed by atoms with E-state index < -0.39 is 0 Å². The molecule has 74 valence electrons. The molecule has 0 heterocycles. The van der Waals surface area contributed by atoms with E-state index in [4.69, 9.17) is 0 Å². The van der Waals surface area contributed by atoms with E-state index in [0.717, 1.165) is 5.56 Å². The number of benzene rings is 1. The van der Waals surface area contributed by atoms with Crippen LogP contribution in [0.1, 0.15) is 5.56 Å². The Morgan fingerprint density at radius 1 is 1.43 bits per heavy atom. The molecule has 1 aromatic carbocycles. The smallest absolute Gasteiger partial charge is 0.334 e. The van der Waals surface area contributed by atoms with Crippen LogP contribution in [0.2, 0.25) is 0 Å². The van der Waals surface area contributed by atoms with E-state index in [1.54, 1.807) is 0 Å². The van der Waals surface area contributed by atoms with Gasteiger partial charge >= 0.3 is 5.97 Å². The fraction of sp³-hybridized carbons (Fsp3) is 0.182. The van der Waals surface area contributed by atoms with Gasteiger partial charge in [0.15, 0.2) is 0 Å². The second-order valence-corrected chi connectivity index (χ2v) is 3.47. The number of methoxy groups -OCH3 is 1. The zero-order valence-electron chi connectivity index (χ0n) is 7.87. The van der Waals surface area contributed by atoms with E-state index in [1.165, 1.54) is 7.11 Å². The Hall–Kier alpha value is -0.840. The van der Waals surface area contributed by atoms with E-state index >= 15 is 0 Å². The SMILES string of the molecule is COC(=O)/C(=C\c1ccccc1)CI. The first-order valence-electron chi connectivity index (χ1n) is 4.18. The summed E-state index contributed by atoms with van der Waals surface area (Å²) in [5, 5.41) is 0. The molecule has 1 aromatic rings. The van der Waals surface area contributed by atoms with Crippen LogP contribution >= 0.6 is 22.6 Å². The zero-order valence-corrected chi connectivity index (χ0v) is 10.0. The maximum absolute atomic E-state index is 11.3. The lowest BCUT2D eigenvalue weighted by Gasteiger charge is -2.01. The molecular weight excluding hydrogens is 291 g/mol. The van der Waals surface area contributed by atoms with E-state index in [1.807, 2.05) is 36.4 Å². The van der Waals surface area contributed by atoms with Crippen LogP contribution in [0.4, 0.5) is 0 Å². The third-order valence-corrected chi connectivity index (χ3v) is 2.55. The van der Waals surface area contributed by atoms with E-state index in [-0.39, 0.29) is 5.97 Å². The predicted octanol–water partition coefficient (Wildman–Crippen LogP) is 2.68. The topological polar surface area (TPSA) is 26.3 Å². The highest BCUT2D eigenvalue weighted by Crippen LogP contribution is 2.10. The van der Waals surface area contributed by atoms with Crippen molar-refractivity contribution in [2.45, 2.75) is 0 Å². The van der Waals surface area contributed by atoms with Crippen LogP contribution in [-0.2, 0) is 9.53 Å². The van der Waals surface area contributed by atoms with Gasteiger partial charge in [0.05, 0.1) is 7.11 Å². The lowest BCUT2D eigenvalue weighted by molar-refractivity contribution is -0.135. The van der Waals surface area contributed by atoms with Gasteiger partial charge in [-0.15, -0.1) is 0 Å². The molecule has 2 nitrogen and oxygen atoms in total. The molecule has 0 N–H and O–H groups in total. The first kappa shape index (κ1) is 11.2. The fourth-order valence-corrected chi connectivity index (χ4v) is 1.57. The summed E-state index contributed by atoms with van der Waals surface area (Å²) in [6.45, 7) is 0. The van der Waals surface area contributed by atoms with Crippen molar-refractivity contribution < 1.29 is 9.53 Å². The molecule has 0 aliphatic rings. The Bertz CT molecular complexity index is 330. The molecule has 14 heavy (non-hydrogen) atoms. The molecule has 0 spiro atoms. The first-order chi connectivity index (χ1) is 6.77. The molecule has 0 saturated carbocycles. The Morgan fingerprint density at radius 2 is 2.07 bits per heavy atom. The van der Waals surface area contributed by atoms with Crippen LogP contribution in [0.25, 0.3) is 6.08 Å². The Morgan fingerprint density at radius 3 is 2.57 bits per heavy atom. The van der Waals surface area contributed by atoms with Crippen molar-refractivity contribution in [3.63, 3.8) is 0 Å². The molecule has 0 bridgehead atoms. The van der Waals surface area contributed by atoms with Crippen molar-refractivity contribution in [1.29, 1.82) is 0 Å². The van der Waals surface area contributed by atoms with Gasteiger partial charge in [-0.3, -0.25) is 0 Å². The number of halogens is 1. The van der Waals surface area contributed by atoms with Crippen molar-refractivity contribution >= 4 is 34.6 Å². The minimum absolute atomic E-state index is 0.261. The summed E-state index contributed by atoms with van der Waals surface area (Å²) in [6, 6.07) is 9.73. The zero-order chi connectivity index (χ0) is 10.4. The Balaban J connectivity index is 2.89. The fourth-order valence-electron chi connectivity index (χ4n) is 1.03. The minimum Gasteiger partial charge on any atom is -0.466 e. The van der Waals surface area contributed by atoms with Crippen LogP contribution in [-0.4, -0.2) is 17.5 Å². The monoisotopic (exact) mass is 302 g/mol. The van der Waals surface area contributed by atoms with Crippen molar-refractivity contribution in [3.05, 3.63) is 41.5 Å². The number of ether oxygens (including phenoxy) is 1. The summed E-state index contributed by atoms with van der Waals surface area (Å²) >= 11 is 2.15. The average Bonchev–Trinajstić information content (AvgIpc) is 2.26. The molecule has 0 atom stereocenters. The van der Waals surface area contributed by atoms with E-state index in [2.05, 4.69) is 27.3 Å². The maximum Gasteiger partial charge on any atom is 0.334 e. The van der Waals surface area contributed by atoms with Crippen LogP contribution in [0.5, 0.6) is 0 Å². The third kappa shape index (κ3) is 3.14. The molecule has 3 heteroatoms. The van der Waals surface area contributed by atoms with Crippen molar-refractivity contribution in [2.75, 3.05) is 11.5 Å². The number of carbonyl (C=O) groups excluding carboxylic acids is 1. The van der Waals surface area contributed by atoms with Crippen LogP contribution < -0.4 is 0 Å². The Kier molecular flexibility index (Phi) is 4.65. The highest BCUT2D eigenvalue weighted by molar-refractivity contribution is 14.1. The molecule has 1 rings (SSSR count). The van der Waals surface area contributed by atoms with E-state index in [0.29, 0.717) is 10.0 Å². The highest BCUT2D eigenvalue weighted by atomic mass is 127. The van der Waals surface area contributed by atoms with Gasteiger partial charge in [0.2, 0.25) is 0 Å². The molecule has 0 aliphatic carbocycles. The number of hydrogen-bond donors (Lipinski definition) is 0. The number of carbonyl (C=O) groups is 1. The van der Waals surface area contributed by atoms with Crippen LogP contribution in [0, 0.1) is 0 Å². The second kappa shape index (κ2) is 5.80. The van der Waals surface area contributed by atoms with Gasteiger partial charge in [-0.05, 0) is 11.6 Å². The van der Waals surface area contributed by atoms with Crippen LogP contribution in [0.15, 0.2) is 35.9 Å². The summed E-state index contributed by atoms with van der Waals surface area (Å²) < 4.78 is 5.32. The Labute approximate surface area is 97.1 Å². The summed E-state index contributed by atoms with van der Waals surface area (Å²) in [6.07, 6.45) is 1.85. The lowest BCUT2D eigenvalue weighted by atomic mass is 10.1. The normalized spacial score (nSPS) is 11.1. The molecule has 0 radical (unpaired) electrons. The lowest BCUT2D eigenvalue weighted by Crippen LogP contribution is -2.05. The number of alkyl halides is 1. The maximum atomic E-state index is 11.3. The summed E-state index contributed by atoms with van der Waals surface area (Å²) in [4.78, 5) is 11.3. The second-order valence-electron chi connectivity index (χ2n) is 2.71. The number of hydrogen-bond acceptors (Lipinski definition) is 2. The summed E-state index contributed by atoms with van der Waals surface area (Å²) in [7, 11) is 1.40. The molecule has 0 amide bonds. The van der Waals surface area contributed by atoms with E-state index in [9.17, 15) is 4.79 Å². The predicted molar refractivity (Wildman–Crippen MR) is 65.3 cm³/mol. The molecule has 0 saturated heterocycles. The average molecular weight is 302 g/mol. The molecule has 0 aliphatic heterocycles. The third-order valence-electron chi connectivity index (χ3n) is 1.73. The highest BCUT2D eigenvalue weighted by Gasteiger charge is 2.06. The van der Waals surface area contributed by atoms with Gasteiger partial charge in [0, 0.05) is 10.0 Å². The van der Waals surface area contributed by atoms with Gasteiger partial charge in [0.25, 0.3) is 0 Å². The van der Waals surface area contributed by atoms with Gasteiger partial charge in [0.1, 0.15) is 0 Å². The molecule has 0 unspecified atom stereocenters. The van der Waals surface area contributed by atoms with Crippen LogP contribution in [0.3, 0.4) is 0 Å². The van der Waals surface area contributed by atoms with Crippen molar-refractivity contribution in [2.24, 2.45) is 0 Å². The van der Waals surface area contributed by atoms with Gasteiger partial charge in [-0.1, -0.05) is 52.9 Å². The summed E-state index contributed by atoms with van der Waals surface area (Å²) in [5.41, 5.74) is 1.70. The van der Waals surface area contributed by atoms with Gasteiger partial charge in [-0.25, -0.2) is 4.79 Å². The summed E-state index contributed by atoms with van der Waals surface area (Å²) in [5.74, 6) is -0.261. The van der Waals surface area contributed by atoms with Gasteiger partial charge < -0.3 is 4.74 Å². The number of rotatable bonds is 3. The standard InChI is InChI=1S/C11H11IO2/c1-14-11(13)10(8-12)7-9-5-3-2-4-6-9/h2-7H,8H2,1H3/b10-7-.